The van der Waals surface area contributed by atoms with E-state index in [0.29, 0.717) is 5.02 Å². The number of hydrogen-bond donors (Lipinski definition) is 1. The zero-order valence-electron chi connectivity index (χ0n) is 13.3. The highest BCUT2D eigenvalue weighted by atomic mass is 35.5. The summed E-state index contributed by atoms with van der Waals surface area (Å²) >= 11 is 5.83. The summed E-state index contributed by atoms with van der Waals surface area (Å²) in [4.78, 5) is 22.7. The molecule has 1 unspecified atom stereocenters. The normalized spacial score (nSPS) is 16.7. The first-order valence-corrected chi connectivity index (χ1v) is 8.04. The number of carbonyl (C=O) groups is 1. The van der Waals surface area contributed by atoms with E-state index in [1.54, 1.807) is 23.2 Å². The molecule has 0 saturated heterocycles. The van der Waals surface area contributed by atoms with Crippen LogP contribution in [0.25, 0.3) is 0 Å². The number of nitrogens with one attached hydrogen (secondary N) is 1. The lowest BCUT2D eigenvalue weighted by Gasteiger charge is -2.26. The monoisotopic (exact) mass is 333 g/mol. The van der Waals surface area contributed by atoms with E-state index in [9.17, 15) is 4.79 Å². The van der Waals surface area contributed by atoms with Crippen molar-refractivity contribution in [2.45, 2.75) is 32.4 Å². The van der Waals surface area contributed by atoms with Gasteiger partial charge in [0.2, 0.25) is 5.91 Å². The fourth-order valence-electron chi connectivity index (χ4n) is 2.87. The quantitative estimate of drug-likeness (QED) is 0.927. The van der Waals surface area contributed by atoms with E-state index in [1.807, 2.05) is 20.2 Å². The van der Waals surface area contributed by atoms with Gasteiger partial charge in [-0.25, -0.2) is 9.97 Å². The zero-order chi connectivity index (χ0) is 16.4. The van der Waals surface area contributed by atoms with Gasteiger partial charge in [-0.15, -0.1) is 0 Å². The van der Waals surface area contributed by atoms with Crippen LogP contribution in [0, 0.1) is 6.92 Å². The number of aromatic nitrogens is 3. The van der Waals surface area contributed by atoms with Crippen LogP contribution < -0.4 is 10.2 Å². The van der Waals surface area contributed by atoms with Gasteiger partial charge in [0.1, 0.15) is 11.6 Å². The number of nitrogens with zero attached hydrogens (tertiary/aromatic N) is 4. The summed E-state index contributed by atoms with van der Waals surface area (Å²) < 4.78 is 2.13. The Balaban J connectivity index is 1.54. The van der Waals surface area contributed by atoms with Crippen molar-refractivity contribution in [2.24, 2.45) is 0 Å². The van der Waals surface area contributed by atoms with Crippen LogP contribution in [0.2, 0.25) is 5.02 Å². The molecule has 0 bridgehead atoms. The van der Waals surface area contributed by atoms with Gasteiger partial charge < -0.3 is 14.8 Å². The van der Waals surface area contributed by atoms with E-state index >= 15 is 0 Å². The standard InChI is InChI=1S/C16H20ClN5O/c1-11-8-22-9-13(4-6-15(22)19-11)20-16(23)10-21(2)14-5-3-12(17)7-18-14/h3,5,7-8,13H,4,6,9-10H2,1-2H3,(H,20,23). The van der Waals surface area contributed by atoms with Crippen molar-refractivity contribution in [1.82, 2.24) is 19.9 Å². The number of likely N-dealkylation sites (N-methyl/N-ethyl adjacent to an activating group) is 1. The number of anilines is 1. The second-order valence-corrected chi connectivity index (χ2v) is 6.38. The summed E-state index contributed by atoms with van der Waals surface area (Å²) in [6, 6.07) is 3.72. The minimum Gasteiger partial charge on any atom is -0.350 e. The van der Waals surface area contributed by atoms with Gasteiger partial charge in [0.25, 0.3) is 0 Å². The van der Waals surface area contributed by atoms with Crippen molar-refractivity contribution in [3.8, 4) is 0 Å². The van der Waals surface area contributed by atoms with Crippen molar-refractivity contribution in [1.29, 1.82) is 0 Å². The van der Waals surface area contributed by atoms with Gasteiger partial charge in [0.15, 0.2) is 0 Å². The lowest BCUT2D eigenvalue weighted by atomic mass is 10.1. The molecule has 2 aromatic rings. The molecule has 0 radical (unpaired) electrons. The Labute approximate surface area is 140 Å². The molecule has 0 aliphatic carbocycles. The molecule has 1 atom stereocenters. The van der Waals surface area contributed by atoms with Crippen LogP contribution in [0.4, 0.5) is 5.82 Å². The van der Waals surface area contributed by atoms with Crippen LogP contribution in [0.3, 0.4) is 0 Å². The maximum Gasteiger partial charge on any atom is 0.239 e. The van der Waals surface area contributed by atoms with E-state index in [2.05, 4.69) is 19.9 Å². The van der Waals surface area contributed by atoms with Crippen LogP contribution in [0.5, 0.6) is 0 Å². The summed E-state index contributed by atoms with van der Waals surface area (Å²) in [5.41, 5.74) is 1.03. The van der Waals surface area contributed by atoms with Crippen molar-refractivity contribution in [3.63, 3.8) is 0 Å². The van der Waals surface area contributed by atoms with Gasteiger partial charge in [0.05, 0.1) is 17.3 Å². The number of hydrogen-bond acceptors (Lipinski definition) is 4. The van der Waals surface area contributed by atoms with Crippen molar-refractivity contribution in [2.75, 3.05) is 18.5 Å². The van der Waals surface area contributed by atoms with E-state index < -0.39 is 0 Å². The molecule has 2 aromatic heterocycles. The smallest absolute Gasteiger partial charge is 0.239 e. The highest BCUT2D eigenvalue weighted by Crippen LogP contribution is 2.15. The summed E-state index contributed by atoms with van der Waals surface area (Å²) in [6.45, 7) is 3.04. The number of imidazole rings is 1. The third-order valence-corrected chi connectivity index (χ3v) is 4.19. The van der Waals surface area contributed by atoms with E-state index in [0.717, 1.165) is 36.7 Å². The van der Waals surface area contributed by atoms with E-state index in [1.165, 1.54) is 0 Å². The topological polar surface area (TPSA) is 63.1 Å². The summed E-state index contributed by atoms with van der Waals surface area (Å²) in [6.07, 6.45) is 5.44. The fraction of sp³-hybridized carbons (Fsp3) is 0.438. The molecule has 1 N–H and O–H groups in total. The van der Waals surface area contributed by atoms with Gasteiger partial charge in [-0.3, -0.25) is 4.79 Å². The Morgan fingerprint density at radius 2 is 2.35 bits per heavy atom. The van der Waals surface area contributed by atoms with Gasteiger partial charge >= 0.3 is 0 Å². The van der Waals surface area contributed by atoms with Crippen LogP contribution >= 0.6 is 11.6 Å². The Hall–Kier alpha value is -2.08. The molecule has 0 saturated carbocycles. The number of aryl methyl sites for hydroxylation is 2. The Morgan fingerprint density at radius 1 is 1.52 bits per heavy atom. The van der Waals surface area contributed by atoms with Gasteiger partial charge in [-0.1, -0.05) is 11.6 Å². The number of carbonyl (C=O) groups excluding carboxylic acids is 1. The molecule has 0 aromatic carbocycles. The second kappa shape index (κ2) is 6.58. The first-order valence-electron chi connectivity index (χ1n) is 7.66. The van der Waals surface area contributed by atoms with E-state index in [4.69, 9.17) is 11.6 Å². The molecular formula is C16H20ClN5O. The molecule has 3 heterocycles. The lowest BCUT2D eigenvalue weighted by Crippen LogP contribution is -2.45. The Morgan fingerprint density at radius 3 is 3.09 bits per heavy atom. The number of rotatable bonds is 4. The van der Waals surface area contributed by atoms with Crippen LogP contribution in [-0.4, -0.2) is 40.1 Å². The number of halogens is 1. The zero-order valence-corrected chi connectivity index (χ0v) is 14.0. The molecule has 0 spiro atoms. The summed E-state index contributed by atoms with van der Waals surface area (Å²) in [7, 11) is 1.84. The van der Waals surface area contributed by atoms with Crippen molar-refractivity contribution < 1.29 is 4.79 Å². The molecule has 122 valence electrons. The lowest BCUT2D eigenvalue weighted by molar-refractivity contribution is -0.120. The molecule has 23 heavy (non-hydrogen) atoms. The predicted octanol–water partition coefficient (Wildman–Crippen LogP) is 1.81. The number of fused-ring (bicyclic) bond motifs is 1. The van der Waals surface area contributed by atoms with E-state index in [-0.39, 0.29) is 18.5 Å². The Kier molecular flexibility index (Phi) is 4.52. The first kappa shape index (κ1) is 15.8. The van der Waals surface area contributed by atoms with Crippen LogP contribution in [0.1, 0.15) is 17.9 Å². The maximum atomic E-state index is 12.2. The average Bonchev–Trinajstić information content (AvgIpc) is 2.87. The maximum absolute atomic E-state index is 12.2. The molecule has 3 rings (SSSR count). The first-order chi connectivity index (χ1) is 11.0. The third-order valence-electron chi connectivity index (χ3n) is 3.96. The predicted molar refractivity (Wildman–Crippen MR) is 89.7 cm³/mol. The molecule has 0 fully saturated rings. The molecule has 7 heteroatoms. The summed E-state index contributed by atoms with van der Waals surface area (Å²) in [5, 5.41) is 3.68. The molecule has 1 amide bonds. The molecule has 1 aliphatic rings. The Bertz CT molecular complexity index is 697. The van der Waals surface area contributed by atoms with Gasteiger partial charge in [-0.2, -0.15) is 0 Å². The largest absolute Gasteiger partial charge is 0.350 e. The van der Waals surface area contributed by atoms with Crippen LogP contribution in [0.15, 0.2) is 24.5 Å². The SMILES string of the molecule is Cc1cn2c(n1)CCC(NC(=O)CN(C)c1ccc(Cl)cn1)C2. The number of amides is 1. The molecule has 6 nitrogen and oxygen atoms in total. The number of pyridine rings is 1. The minimum atomic E-state index is -0.00506. The third kappa shape index (κ3) is 3.82. The van der Waals surface area contributed by atoms with Crippen LogP contribution in [-0.2, 0) is 17.8 Å². The summed E-state index contributed by atoms with van der Waals surface area (Å²) in [5.74, 6) is 1.82. The van der Waals surface area contributed by atoms with Crippen molar-refractivity contribution in [3.05, 3.63) is 41.1 Å². The minimum absolute atomic E-state index is 0.00506. The average molecular weight is 334 g/mol. The van der Waals surface area contributed by atoms with Gasteiger partial charge in [0, 0.05) is 38.4 Å². The highest BCUT2D eigenvalue weighted by Gasteiger charge is 2.21. The van der Waals surface area contributed by atoms with Gasteiger partial charge in [-0.05, 0) is 25.5 Å². The fourth-order valence-corrected chi connectivity index (χ4v) is 2.98. The molecular weight excluding hydrogens is 314 g/mol. The highest BCUT2D eigenvalue weighted by molar-refractivity contribution is 6.30. The molecule has 1 aliphatic heterocycles. The second-order valence-electron chi connectivity index (χ2n) is 5.94. The van der Waals surface area contributed by atoms with Crippen molar-refractivity contribution >= 4 is 23.3 Å².